The lowest BCUT2D eigenvalue weighted by molar-refractivity contribution is 0.0383. The number of fused-ring (bicyclic) bond motifs is 3. The zero-order valence-corrected chi connectivity index (χ0v) is 19.0. The second-order valence-corrected chi connectivity index (χ2v) is 8.96. The number of pyridine rings is 1. The van der Waals surface area contributed by atoms with Crippen molar-refractivity contribution in [2.45, 2.75) is 0 Å². The van der Waals surface area contributed by atoms with Crippen molar-refractivity contribution in [1.29, 1.82) is 0 Å². The van der Waals surface area contributed by atoms with Gasteiger partial charge in [0.25, 0.3) is 5.91 Å². The topological polar surface area (TPSA) is 66.5 Å². The highest BCUT2D eigenvalue weighted by atomic mass is 35.5. The van der Waals surface area contributed by atoms with Gasteiger partial charge in [-0.1, -0.05) is 35.9 Å². The van der Waals surface area contributed by atoms with Crippen LogP contribution in [-0.4, -0.2) is 55.2 Å². The molecule has 2 aromatic carbocycles. The Hall–Kier alpha value is -2.71. The van der Waals surface area contributed by atoms with Gasteiger partial charge in [0, 0.05) is 37.0 Å². The normalized spacial score (nSPS) is 14.7. The number of anilines is 2. The maximum atomic E-state index is 13.1. The van der Waals surface area contributed by atoms with Crippen molar-refractivity contribution in [1.82, 2.24) is 15.2 Å². The van der Waals surface area contributed by atoms with Crippen LogP contribution in [0.5, 0.6) is 0 Å². The Morgan fingerprint density at radius 3 is 2.78 bits per heavy atom. The monoisotopic (exact) mass is 466 g/mol. The Morgan fingerprint density at radius 2 is 1.94 bits per heavy atom. The zero-order chi connectivity index (χ0) is 21.9. The molecule has 0 unspecified atom stereocenters. The summed E-state index contributed by atoms with van der Waals surface area (Å²) in [5.74, 6) is 0.582. The molecular weight excluding hydrogens is 444 g/mol. The minimum absolute atomic E-state index is 0.116. The molecule has 8 heteroatoms. The molecule has 2 N–H and O–H groups in total. The summed E-state index contributed by atoms with van der Waals surface area (Å²) in [4.78, 5) is 20.2. The Bertz CT molecular complexity index is 1270. The van der Waals surface area contributed by atoms with Gasteiger partial charge in [-0.2, -0.15) is 0 Å². The Labute approximate surface area is 195 Å². The van der Waals surface area contributed by atoms with Gasteiger partial charge >= 0.3 is 0 Å². The SMILES string of the molecule is O=C(NCCN1CCOCC1)c1cccc2c1nc(Nc1ccccc1Cl)c1sccc12. The largest absolute Gasteiger partial charge is 0.379 e. The van der Waals surface area contributed by atoms with Crippen molar-refractivity contribution in [2.75, 3.05) is 44.7 Å². The van der Waals surface area contributed by atoms with E-state index in [0.717, 1.165) is 54.0 Å². The average Bonchev–Trinajstić information content (AvgIpc) is 3.32. The number of aromatic nitrogens is 1. The summed E-state index contributed by atoms with van der Waals surface area (Å²) in [5, 5.41) is 11.1. The standard InChI is InChI=1S/C24H23ClN4O2S/c25-19-6-1-2-7-20(19)27-23-22-17(8-15-32-22)16-4-3-5-18(21(16)28-23)24(30)26-9-10-29-11-13-31-14-12-29/h1-8,15H,9-14H2,(H,26,30)(H,27,28). The number of hydrogen-bond acceptors (Lipinski definition) is 6. The molecular formula is C24H23ClN4O2S. The zero-order valence-electron chi connectivity index (χ0n) is 17.4. The van der Waals surface area contributed by atoms with Gasteiger partial charge in [0.1, 0.15) is 5.82 Å². The van der Waals surface area contributed by atoms with E-state index in [1.54, 1.807) is 11.3 Å². The smallest absolute Gasteiger partial charge is 0.253 e. The third kappa shape index (κ3) is 4.29. The number of ether oxygens (including phenoxy) is 1. The van der Waals surface area contributed by atoms with E-state index in [1.807, 2.05) is 47.8 Å². The van der Waals surface area contributed by atoms with Crippen molar-refractivity contribution in [3.8, 4) is 0 Å². The molecule has 0 spiro atoms. The Kier molecular flexibility index (Phi) is 6.23. The van der Waals surface area contributed by atoms with Gasteiger partial charge in [-0.3, -0.25) is 9.69 Å². The molecule has 32 heavy (non-hydrogen) atoms. The molecule has 1 aliphatic rings. The Balaban J connectivity index is 1.46. The third-order valence-electron chi connectivity index (χ3n) is 5.62. The molecule has 0 atom stereocenters. The first kappa shape index (κ1) is 21.2. The van der Waals surface area contributed by atoms with E-state index < -0.39 is 0 Å². The van der Waals surface area contributed by atoms with E-state index in [-0.39, 0.29) is 5.91 Å². The van der Waals surface area contributed by atoms with Crippen molar-refractivity contribution in [3.63, 3.8) is 0 Å². The number of para-hydroxylation sites is 2. The van der Waals surface area contributed by atoms with Crippen molar-refractivity contribution in [3.05, 3.63) is 64.5 Å². The van der Waals surface area contributed by atoms with Crippen LogP contribution in [0.4, 0.5) is 11.5 Å². The van der Waals surface area contributed by atoms with Gasteiger partial charge in [-0.25, -0.2) is 4.98 Å². The molecule has 1 aliphatic heterocycles. The van der Waals surface area contributed by atoms with Gasteiger partial charge in [0.15, 0.2) is 0 Å². The van der Waals surface area contributed by atoms with Gasteiger partial charge in [-0.15, -0.1) is 11.3 Å². The first-order chi connectivity index (χ1) is 15.7. The first-order valence-electron chi connectivity index (χ1n) is 10.6. The molecule has 1 fully saturated rings. The fourth-order valence-electron chi connectivity index (χ4n) is 3.95. The van der Waals surface area contributed by atoms with E-state index >= 15 is 0 Å². The molecule has 0 bridgehead atoms. The molecule has 0 saturated carbocycles. The van der Waals surface area contributed by atoms with Gasteiger partial charge in [-0.05, 0) is 29.6 Å². The maximum Gasteiger partial charge on any atom is 0.253 e. The number of morpholine rings is 1. The third-order valence-corrected chi connectivity index (χ3v) is 6.87. The minimum atomic E-state index is -0.116. The molecule has 0 radical (unpaired) electrons. The predicted octanol–water partition coefficient (Wildman–Crippen LogP) is 4.91. The summed E-state index contributed by atoms with van der Waals surface area (Å²) in [7, 11) is 0. The number of nitrogens with zero attached hydrogens (tertiary/aromatic N) is 2. The minimum Gasteiger partial charge on any atom is -0.379 e. The van der Waals surface area contributed by atoms with Crippen LogP contribution < -0.4 is 10.6 Å². The van der Waals surface area contributed by atoms with Gasteiger partial charge in [0.05, 0.1) is 39.7 Å². The second kappa shape index (κ2) is 9.42. The number of thiophene rings is 1. The van der Waals surface area contributed by atoms with E-state index in [9.17, 15) is 4.79 Å². The Morgan fingerprint density at radius 1 is 1.09 bits per heavy atom. The molecule has 3 heterocycles. The number of rotatable bonds is 6. The van der Waals surface area contributed by atoms with Crippen LogP contribution in [0.25, 0.3) is 21.0 Å². The van der Waals surface area contributed by atoms with E-state index in [4.69, 9.17) is 21.3 Å². The highest BCUT2D eigenvalue weighted by molar-refractivity contribution is 7.18. The summed E-state index contributed by atoms with van der Waals surface area (Å²) in [5.41, 5.74) is 2.03. The van der Waals surface area contributed by atoms with Crippen LogP contribution in [0, 0.1) is 0 Å². The molecule has 4 aromatic rings. The summed E-state index contributed by atoms with van der Waals surface area (Å²) in [6, 6.07) is 15.4. The number of carbonyl (C=O) groups is 1. The van der Waals surface area contributed by atoms with Crippen LogP contribution in [0.15, 0.2) is 53.9 Å². The van der Waals surface area contributed by atoms with E-state index in [2.05, 4.69) is 21.6 Å². The highest BCUT2D eigenvalue weighted by Gasteiger charge is 2.17. The van der Waals surface area contributed by atoms with Crippen molar-refractivity contribution in [2.24, 2.45) is 0 Å². The number of hydrogen-bond donors (Lipinski definition) is 2. The van der Waals surface area contributed by atoms with Crippen LogP contribution >= 0.6 is 22.9 Å². The predicted molar refractivity (Wildman–Crippen MR) is 131 cm³/mol. The van der Waals surface area contributed by atoms with Crippen LogP contribution in [0.1, 0.15) is 10.4 Å². The summed E-state index contributed by atoms with van der Waals surface area (Å²) >= 11 is 7.97. The van der Waals surface area contributed by atoms with Crippen molar-refractivity contribution >= 4 is 61.3 Å². The van der Waals surface area contributed by atoms with Crippen LogP contribution in [0.3, 0.4) is 0 Å². The number of nitrogens with one attached hydrogen (secondary N) is 2. The van der Waals surface area contributed by atoms with E-state index in [1.165, 1.54) is 0 Å². The number of amides is 1. The number of halogens is 1. The average molecular weight is 467 g/mol. The molecule has 2 aromatic heterocycles. The fraction of sp³-hybridized carbons (Fsp3) is 0.250. The molecule has 164 valence electrons. The second-order valence-electron chi connectivity index (χ2n) is 7.64. The number of benzene rings is 2. The molecule has 6 nitrogen and oxygen atoms in total. The lowest BCUT2D eigenvalue weighted by Crippen LogP contribution is -2.41. The quantitative estimate of drug-likeness (QED) is 0.422. The van der Waals surface area contributed by atoms with E-state index in [0.29, 0.717) is 28.5 Å². The van der Waals surface area contributed by atoms with Crippen LogP contribution in [0.2, 0.25) is 5.02 Å². The van der Waals surface area contributed by atoms with Gasteiger partial charge in [0.2, 0.25) is 0 Å². The molecule has 0 aliphatic carbocycles. The molecule has 5 rings (SSSR count). The first-order valence-corrected chi connectivity index (χ1v) is 11.9. The maximum absolute atomic E-state index is 13.1. The summed E-state index contributed by atoms with van der Waals surface area (Å²) < 4.78 is 6.41. The lowest BCUT2D eigenvalue weighted by atomic mass is 10.1. The highest BCUT2D eigenvalue weighted by Crippen LogP contribution is 2.36. The van der Waals surface area contributed by atoms with Crippen LogP contribution in [-0.2, 0) is 4.74 Å². The van der Waals surface area contributed by atoms with Gasteiger partial charge < -0.3 is 15.4 Å². The fourth-order valence-corrected chi connectivity index (χ4v) is 4.99. The summed E-state index contributed by atoms with van der Waals surface area (Å²) in [6.45, 7) is 4.69. The summed E-state index contributed by atoms with van der Waals surface area (Å²) in [6.07, 6.45) is 0. The lowest BCUT2D eigenvalue weighted by Gasteiger charge is -2.26. The molecule has 1 amide bonds. The van der Waals surface area contributed by atoms with Crippen molar-refractivity contribution < 1.29 is 9.53 Å². The number of carbonyl (C=O) groups excluding carboxylic acids is 1. The molecule has 1 saturated heterocycles.